The molecule has 6 nitrogen and oxygen atoms in total. The van der Waals surface area contributed by atoms with Crippen molar-refractivity contribution in [3.63, 3.8) is 0 Å². The van der Waals surface area contributed by atoms with Gasteiger partial charge in [0.25, 0.3) is 0 Å². The first-order valence-corrected chi connectivity index (χ1v) is 5.13. The Kier molecular flexibility index (Phi) is 4.51. The van der Waals surface area contributed by atoms with Crippen LogP contribution in [0.4, 0.5) is 11.4 Å². The van der Waals surface area contributed by atoms with E-state index in [4.69, 9.17) is 5.53 Å². The number of aryl methyl sites for hydroxylation is 1. The minimum atomic E-state index is -0.101. The average molecular weight is 233 g/mol. The second-order valence-electron chi connectivity index (χ2n) is 3.97. The average Bonchev–Trinajstić information content (AvgIpc) is 2.22. The SMILES string of the molecule is Cc1ccc(N=[N+]=[N-])cc1NC(=O)CN(C)C. The molecule has 0 unspecified atom stereocenters. The van der Waals surface area contributed by atoms with Crippen LogP contribution < -0.4 is 5.32 Å². The fourth-order valence-electron chi connectivity index (χ4n) is 1.34. The van der Waals surface area contributed by atoms with Gasteiger partial charge in [0.1, 0.15) is 0 Å². The van der Waals surface area contributed by atoms with Crippen LogP contribution in [0.2, 0.25) is 0 Å². The summed E-state index contributed by atoms with van der Waals surface area (Å²) in [6.07, 6.45) is 0. The van der Waals surface area contributed by atoms with Gasteiger partial charge in [-0.2, -0.15) is 0 Å². The summed E-state index contributed by atoms with van der Waals surface area (Å²) in [5.41, 5.74) is 10.4. The molecule has 0 saturated heterocycles. The predicted octanol–water partition coefficient (Wildman–Crippen LogP) is 2.44. The minimum Gasteiger partial charge on any atom is -0.325 e. The van der Waals surface area contributed by atoms with Gasteiger partial charge in [0, 0.05) is 16.3 Å². The topological polar surface area (TPSA) is 81.1 Å². The van der Waals surface area contributed by atoms with Gasteiger partial charge < -0.3 is 10.2 Å². The predicted molar refractivity (Wildman–Crippen MR) is 67.2 cm³/mol. The first kappa shape index (κ1) is 13.0. The van der Waals surface area contributed by atoms with Gasteiger partial charge in [-0.1, -0.05) is 17.2 Å². The van der Waals surface area contributed by atoms with Crippen LogP contribution >= 0.6 is 0 Å². The number of carbonyl (C=O) groups is 1. The third kappa shape index (κ3) is 4.14. The highest BCUT2D eigenvalue weighted by Crippen LogP contribution is 2.22. The van der Waals surface area contributed by atoms with E-state index < -0.39 is 0 Å². The number of hydrogen-bond donors (Lipinski definition) is 1. The van der Waals surface area contributed by atoms with Gasteiger partial charge in [-0.15, -0.1) is 0 Å². The molecule has 0 spiro atoms. The normalized spacial score (nSPS) is 9.88. The molecule has 0 radical (unpaired) electrons. The zero-order valence-electron chi connectivity index (χ0n) is 10.1. The van der Waals surface area contributed by atoms with Crippen LogP contribution in [0.1, 0.15) is 5.56 Å². The zero-order valence-corrected chi connectivity index (χ0v) is 10.1. The van der Waals surface area contributed by atoms with Crippen LogP contribution in [0.3, 0.4) is 0 Å². The number of amides is 1. The van der Waals surface area contributed by atoms with Gasteiger partial charge in [-0.3, -0.25) is 4.79 Å². The van der Waals surface area contributed by atoms with Crippen molar-refractivity contribution >= 4 is 17.3 Å². The van der Waals surface area contributed by atoms with Crippen LogP contribution in [0.5, 0.6) is 0 Å². The van der Waals surface area contributed by atoms with Gasteiger partial charge in [0.15, 0.2) is 0 Å². The summed E-state index contributed by atoms with van der Waals surface area (Å²) < 4.78 is 0. The van der Waals surface area contributed by atoms with Crippen molar-refractivity contribution in [2.75, 3.05) is 26.0 Å². The number of likely N-dealkylation sites (N-methyl/N-ethyl adjacent to an activating group) is 1. The third-order valence-electron chi connectivity index (χ3n) is 2.12. The molecule has 90 valence electrons. The van der Waals surface area contributed by atoms with Crippen molar-refractivity contribution in [2.45, 2.75) is 6.92 Å². The third-order valence-corrected chi connectivity index (χ3v) is 2.12. The Hall–Kier alpha value is -2.04. The number of azide groups is 1. The maximum Gasteiger partial charge on any atom is 0.238 e. The molecule has 0 saturated carbocycles. The number of rotatable bonds is 4. The number of nitrogens with zero attached hydrogens (tertiary/aromatic N) is 4. The molecule has 1 N–H and O–H groups in total. The number of hydrogen-bond acceptors (Lipinski definition) is 3. The van der Waals surface area contributed by atoms with Gasteiger partial charge >= 0.3 is 0 Å². The van der Waals surface area contributed by atoms with Gasteiger partial charge in [-0.05, 0) is 38.2 Å². The van der Waals surface area contributed by atoms with Crippen molar-refractivity contribution in [1.82, 2.24) is 4.90 Å². The number of nitrogens with one attached hydrogen (secondary N) is 1. The molecule has 0 aliphatic heterocycles. The molecule has 0 aliphatic carbocycles. The minimum absolute atomic E-state index is 0.101. The fraction of sp³-hybridized carbons (Fsp3) is 0.364. The van der Waals surface area contributed by atoms with E-state index >= 15 is 0 Å². The summed E-state index contributed by atoms with van der Waals surface area (Å²) in [6.45, 7) is 2.19. The molecule has 1 aromatic carbocycles. The fourth-order valence-corrected chi connectivity index (χ4v) is 1.34. The van der Waals surface area contributed by atoms with Crippen LogP contribution in [0.25, 0.3) is 10.4 Å². The summed E-state index contributed by atoms with van der Waals surface area (Å²) in [7, 11) is 3.64. The first-order valence-electron chi connectivity index (χ1n) is 5.13. The Morgan fingerprint density at radius 2 is 2.24 bits per heavy atom. The Morgan fingerprint density at radius 1 is 1.53 bits per heavy atom. The van der Waals surface area contributed by atoms with Crippen LogP contribution in [0, 0.1) is 6.92 Å². The van der Waals surface area contributed by atoms with E-state index in [-0.39, 0.29) is 5.91 Å². The Balaban J connectivity index is 2.86. The molecule has 0 bridgehead atoms. The van der Waals surface area contributed by atoms with E-state index in [1.807, 2.05) is 21.0 Å². The molecule has 0 heterocycles. The van der Waals surface area contributed by atoms with E-state index in [0.717, 1.165) is 5.56 Å². The number of anilines is 1. The second-order valence-corrected chi connectivity index (χ2v) is 3.97. The summed E-state index contributed by atoms with van der Waals surface area (Å²) in [6, 6.07) is 5.16. The van der Waals surface area contributed by atoms with Gasteiger partial charge in [0.2, 0.25) is 5.91 Å². The highest BCUT2D eigenvalue weighted by molar-refractivity contribution is 5.93. The Labute approximate surface area is 99.9 Å². The maximum atomic E-state index is 11.6. The zero-order chi connectivity index (χ0) is 12.8. The molecule has 0 aliphatic rings. The molecule has 6 heteroatoms. The van der Waals surface area contributed by atoms with Crippen molar-refractivity contribution in [3.8, 4) is 0 Å². The molecule has 1 rings (SSSR count). The molecule has 17 heavy (non-hydrogen) atoms. The summed E-state index contributed by atoms with van der Waals surface area (Å²) in [5.74, 6) is -0.101. The van der Waals surface area contributed by atoms with E-state index in [2.05, 4.69) is 15.3 Å². The highest BCUT2D eigenvalue weighted by atomic mass is 16.2. The van der Waals surface area contributed by atoms with Crippen molar-refractivity contribution in [1.29, 1.82) is 0 Å². The summed E-state index contributed by atoms with van der Waals surface area (Å²) >= 11 is 0. The van der Waals surface area contributed by atoms with Crippen molar-refractivity contribution in [2.24, 2.45) is 5.11 Å². The van der Waals surface area contributed by atoms with E-state index in [9.17, 15) is 4.79 Å². The van der Waals surface area contributed by atoms with E-state index in [1.54, 1.807) is 23.1 Å². The lowest BCUT2D eigenvalue weighted by atomic mass is 10.2. The monoisotopic (exact) mass is 233 g/mol. The summed E-state index contributed by atoms with van der Waals surface area (Å²) in [5, 5.41) is 6.27. The van der Waals surface area contributed by atoms with Crippen LogP contribution in [0.15, 0.2) is 23.3 Å². The van der Waals surface area contributed by atoms with E-state index in [0.29, 0.717) is 17.9 Å². The molecule has 1 amide bonds. The number of carbonyl (C=O) groups excluding carboxylic acids is 1. The second kappa shape index (κ2) is 5.89. The lowest BCUT2D eigenvalue weighted by Crippen LogP contribution is -2.27. The molecular weight excluding hydrogens is 218 g/mol. The Morgan fingerprint density at radius 3 is 2.82 bits per heavy atom. The standard InChI is InChI=1S/C11H15N5O/c1-8-4-5-9(14-15-12)6-10(8)13-11(17)7-16(2)3/h4-6H,7H2,1-3H3,(H,13,17). The molecular formula is C11H15N5O. The largest absolute Gasteiger partial charge is 0.325 e. The van der Waals surface area contributed by atoms with Crippen LogP contribution in [-0.4, -0.2) is 31.4 Å². The first-order chi connectivity index (χ1) is 8.02. The van der Waals surface area contributed by atoms with Crippen molar-refractivity contribution in [3.05, 3.63) is 34.2 Å². The van der Waals surface area contributed by atoms with E-state index in [1.165, 1.54) is 0 Å². The van der Waals surface area contributed by atoms with Crippen molar-refractivity contribution < 1.29 is 4.79 Å². The smallest absolute Gasteiger partial charge is 0.238 e. The quantitative estimate of drug-likeness (QED) is 0.492. The lowest BCUT2D eigenvalue weighted by molar-refractivity contribution is -0.116. The highest BCUT2D eigenvalue weighted by Gasteiger charge is 2.06. The molecule has 1 aromatic rings. The Bertz CT molecular complexity index is 463. The van der Waals surface area contributed by atoms with Gasteiger partial charge in [0.05, 0.1) is 6.54 Å². The molecule has 0 atom stereocenters. The van der Waals surface area contributed by atoms with Gasteiger partial charge in [-0.25, -0.2) is 0 Å². The number of benzene rings is 1. The van der Waals surface area contributed by atoms with Crippen LogP contribution in [-0.2, 0) is 4.79 Å². The summed E-state index contributed by atoms with van der Waals surface area (Å²) in [4.78, 5) is 16.1. The molecule has 0 aromatic heterocycles. The molecule has 0 fully saturated rings. The lowest BCUT2D eigenvalue weighted by Gasteiger charge is -2.12. The maximum absolute atomic E-state index is 11.6.